The first-order valence-corrected chi connectivity index (χ1v) is 2.04. The van der Waals surface area contributed by atoms with Crippen molar-refractivity contribution in [2.24, 2.45) is 0 Å². The van der Waals surface area contributed by atoms with Crippen molar-refractivity contribution in [2.45, 2.75) is 6.92 Å². The highest BCUT2D eigenvalue weighted by Crippen LogP contribution is 1.82. The number of rotatable bonds is 0. The molecule has 36 valence electrons. The highest BCUT2D eigenvalue weighted by molar-refractivity contribution is 4.92. The molecule has 0 amide bonds. The molecule has 0 bridgehead atoms. The first-order valence-electron chi connectivity index (χ1n) is 2.54. The summed E-state index contributed by atoms with van der Waals surface area (Å²) >= 11 is 0. The number of aryl methyl sites for hydroxylation is 1. The van der Waals surface area contributed by atoms with Crippen molar-refractivity contribution in [1.29, 1.82) is 0 Å². The summed E-state index contributed by atoms with van der Waals surface area (Å²) in [6.45, 7) is 1.83. The van der Waals surface area contributed by atoms with Crippen LogP contribution < -0.4 is 0 Å². The van der Waals surface area contributed by atoms with Crippen molar-refractivity contribution in [3.63, 3.8) is 0 Å². The molecule has 0 radical (unpaired) electrons. The van der Waals surface area contributed by atoms with E-state index < -0.39 is 0 Å². The molecule has 0 aliphatic rings. The van der Waals surface area contributed by atoms with E-state index in [0.29, 0.717) is 0 Å². The summed E-state index contributed by atoms with van der Waals surface area (Å²) in [6, 6.07) is 1.61. The fraction of sp³-hybridized carbons (Fsp3) is 0.200. The molecule has 7 heavy (non-hydrogen) atoms. The van der Waals surface area contributed by atoms with Crippen LogP contribution in [-0.2, 0) is 0 Å². The lowest BCUT2D eigenvalue weighted by Gasteiger charge is -1.81. The van der Waals surface area contributed by atoms with Crippen LogP contribution in [0.4, 0.5) is 0 Å². The number of nitrogens with zero attached hydrogens (tertiary/aromatic N) is 2. The third-order valence-electron chi connectivity index (χ3n) is 0.667. The van der Waals surface area contributed by atoms with Gasteiger partial charge in [0.1, 0.15) is 6.33 Å². The van der Waals surface area contributed by atoms with Gasteiger partial charge < -0.3 is 0 Å². The van der Waals surface area contributed by atoms with Gasteiger partial charge in [0.15, 0.2) is 0 Å². The van der Waals surface area contributed by atoms with Crippen LogP contribution in [0.5, 0.6) is 0 Å². The summed E-state index contributed by atoms with van der Waals surface area (Å²) in [6.07, 6.45) is 1.66. The molecule has 0 saturated heterocycles. The Morgan fingerprint density at radius 3 is 3.14 bits per heavy atom. The lowest BCUT2D eigenvalue weighted by Crippen LogP contribution is -1.77. The van der Waals surface area contributed by atoms with Crippen molar-refractivity contribution >= 4 is 0 Å². The van der Waals surface area contributed by atoms with Crippen LogP contribution in [0, 0.1) is 6.92 Å². The van der Waals surface area contributed by atoms with E-state index in [1.165, 1.54) is 6.33 Å². The highest BCUT2D eigenvalue weighted by atomic mass is 14.8. The molecule has 1 aromatic heterocycles. The lowest BCUT2D eigenvalue weighted by molar-refractivity contribution is 1.10. The van der Waals surface area contributed by atoms with Crippen molar-refractivity contribution in [1.82, 2.24) is 9.97 Å². The van der Waals surface area contributed by atoms with Crippen molar-refractivity contribution < 1.29 is 1.37 Å². The zero-order valence-electron chi connectivity index (χ0n) is 5.05. The molecule has 0 saturated carbocycles. The van der Waals surface area contributed by atoms with Crippen LogP contribution in [0.3, 0.4) is 0 Å². The molecular formula is C5H6N2. The minimum Gasteiger partial charge on any atom is -0.245 e. The summed E-state index contributed by atoms with van der Waals surface area (Å²) in [5.74, 6) is 0. The fourth-order valence-corrected chi connectivity index (χ4v) is 0.321. The summed E-state index contributed by atoms with van der Waals surface area (Å²) < 4.78 is 6.98. The number of hydrogen-bond donors (Lipinski definition) is 0. The Morgan fingerprint density at radius 2 is 2.71 bits per heavy atom. The Labute approximate surface area is 43.6 Å². The van der Waals surface area contributed by atoms with Gasteiger partial charge >= 0.3 is 0 Å². The predicted molar refractivity (Wildman–Crippen MR) is 26.8 cm³/mol. The Morgan fingerprint density at radius 1 is 1.86 bits per heavy atom. The lowest BCUT2D eigenvalue weighted by atomic mass is 10.5. The van der Waals surface area contributed by atoms with Crippen molar-refractivity contribution in [2.75, 3.05) is 0 Å². The molecule has 0 spiro atoms. The van der Waals surface area contributed by atoms with Crippen molar-refractivity contribution in [3.05, 3.63) is 24.3 Å². The maximum Gasteiger partial charge on any atom is 0.115 e. The standard InChI is InChI=1S/C5H6N2/c1-5-2-3-6-4-7-5/h2-4H,1H3/i3D. The van der Waals surface area contributed by atoms with Gasteiger partial charge in [-0.25, -0.2) is 9.97 Å². The second-order valence-electron chi connectivity index (χ2n) is 1.29. The average Bonchev–Trinajstić information content (AvgIpc) is 1.64. The molecule has 1 aromatic rings. The third kappa shape index (κ3) is 0.961. The second-order valence-corrected chi connectivity index (χ2v) is 1.29. The highest BCUT2D eigenvalue weighted by Gasteiger charge is 1.74. The average molecular weight is 95.1 g/mol. The molecule has 0 atom stereocenters. The predicted octanol–water partition coefficient (Wildman–Crippen LogP) is 0.785. The van der Waals surface area contributed by atoms with E-state index in [-0.39, 0.29) is 6.17 Å². The van der Waals surface area contributed by atoms with Gasteiger partial charge in [0.25, 0.3) is 0 Å². The Bertz CT molecular complexity index is 170. The van der Waals surface area contributed by atoms with Crippen LogP contribution in [0.25, 0.3) is 0 Å². The summed E-state index contributed by atoms with van der Waals surface area (Å²) in [4.78, 5) is 7.40. The maximum absolute atomic E-state index is 6.98. The molecule has 0 aromatic carbocycles. The number of hydrogen-bond acceptors (Lipinski definition) is 2. The SMILES string of the molecule is [2H]c1cc(C)ncn1. The molecule has 2 nitrogen and oxygen atoms in total. The van der Waals surface area contributed by atoms with E-state index >= 15 is 0 Å². The van der Waals surface area contributed by atoms with E-state index in [0.717, 1.165) is 5.69 Å². The molecule has 1 heterocycles. The third-order valence-corrected chi connectivity index (χ3v) is 0.667. The summed E-state index contributed by atoms with van der Waals surface area (Å²) in [5.41, 5.74) is 0.838. The zero-order chi connectivity index (χ0) is 5.98. The van der Waals surface area contributed by atoms with Crippen LogP contribution in [-0.4, -0.2) is 9.97 Å². The maximum atomic E-state index is 6.98. The number of aromatic nitrogens is 2. The van der Waals surface area contributed by atoms with Gasteiger partial charge in [0.2, 0.25) is 0 Å². The first kappa shape index (κ1) is 3.13. The second kappa shape index (κ2) is 1.69. The monoisotopic (exact) mass is 95.1 g/mol. The van der Waals surface area contributed by atoms with Gasteiger partial charge in [0.05, 0.1) is 1.37 Å². The molecule has 0 aliphatic heterocycles. The Balaban J connectivity index is 3.08. The molecule has 0 N–H and O–H groups in total. The summed E-state index contributed by atoms with van der Waals surface area (Å²) in [5, 5.41) is 0. The van der Waals surface area contributed by atoms with Gasteiger partial charge in [-0.2, -0.15) is 0 Å². The van der Waals surface area contributed by atoms with E-state index in [9.17, 15) is 0 Å². The first-order chi connectivity index (χ1) is 3.79. The minimum atomic E-state index is 0.275. The Kier molecular flexibility index (Phi) is 0.754. The smallest absolute Gasteiger partial charge is 0.115 e. The normalized spacial score (nSPS) is 10.7. The fourth-order valence-electron chi connectivity index (χ4n) is 0.321. The van der Waals surface area contributed by atoms with E-state index in [2.05, 4.69) is 9.97 Å². The van der Waals surface area contributed by atoms with Crippen LogP contribution in [0.2, 0.25) is 0 Å². The molecular weight excluding hydrogens is 88.1 g/mol. The molecule has 1 rings (SSSR count). The molecule has 0 aliphatic carbocycles. The Hall–Kier alpha value is -0.920. The zero-order valence-corrected chi connectivity index (χ0v) is 4.05. The summed E-state index contributed by atoms with van der Waals surface area (Å²) in [7, 11) is 0. The van der Waals surface area contributed by atoms with E-state index in [1.54, 1.807) is 6.07 Å². The van der Waals surface area contributed by atoms with E-state index in [4.69, 9.17) is 1.37 Å². The van der Waals surface area contributed by atoms with Gasteiger partial charge in [0, 0.05) is 11.9 Å². The van der Waals surface area contributed by atoms with Crippen molar-refractivity contribution in [3.8, 4) is 0 Å². The molecule has 2 heteroatoms. The molecule has 0 unspecified atom stereocenters. The largest absolute Gasteiger partial charge is 0.245 e. The van der Waals surface area contributed by atoms with E-state index in [1.807, 2.05) is 6.92 Å². The molecule has 0 fully saturated rings. The van der Waals surface area contributed by atoms with Crippen LogP contribution in [0.1, 0.15) is 7.06 Å². The van der Waals surface area contributed by atoms with Gasteiger partial charge in [-0.15, -0.1) is 0 Å². The van der Waals surface area contributed by atoms with Crippen LogP contribution >= 0.6 is 0 Å². The van der Waals surface area contributed by atoms with Gasteiger partial charge in [-0.3, -0.25) is 0 Å². The quantitative estimate of drug-likeness (QED) is 0.476. The van der Waals surface area contributed by atoms with Gasteiger partial charge in [-0.05, 0) is 13.0 Å². The van der Waals surface area contributed by atoms with Gasteiger partial charge in [-0.1, -0.05) is 0 Å². The van der Waals surface area contributed by atoms with Crippen LogP contribution in [0.15, 0.2) is 18.6 Å². The minimum absolute atomic E-state index is 0.275. The topological polar surface area (TPSA) is 25.8 Å².